The molecule has 0 aromatic carbocycles. The highest BCUT2D eigenvalue weighted by Gasteiger charge is 2.20. The summed E-state index contributed by atoms with van der Waals surface area (Å²) in [6.07, 6.45) is 6.36. The lowest BCUT2D eigenvalue weighted by atomic mass is 9.97. The van der Waals surface area contributed by atoms with E-state index >= 15 is 0 Å². The van der Waals surface area contributed by atoms with Crippen LogP contribution in [-0.4, -0.2) is 27.8 Å². The first-order chi connectivity index (χ1) is 8.70. The predicted molar refractivity (Wildman–Crippen MR) is 74.3 cm³/mol. The van der Waals surface area contributed by atoms with Crippen molar-refractivity contribution in [1.29, 1.82) is 5.26 Å². The van der Waals surface area contributed by atoms with Crippen molar-refractivity contribution in [3.8, 4) is 6.07 Å². The van der Waals surface area contributed by atoms with Crippen LogP contribution in [0, 0.1) is 11.3 Å². The first-order valence-electron chi connectivity index (χ1n) is 6.25. The van der Waals surface area contributed by atoms with Gasteiger partial charge in [-0.05, 0) is 44.6 Å². The summed E-state index contributed by atoms with van der Waals surface area (Å²) in [6, 6.07) is 4.27. The molecule has 0 radical (unpaired) electrons. The number of nitrogens with zero attached hydrogens (tertiary/aromatic N) is 3. The van der Waals surface area contributed by atoms with Crippen molar-refractivity contribution >= 4 is 11.8 Å². The molecule has 0 saturated carbocycles. The number of rotatable bonds is 8. The van der Waals surface area contributed by atoms with Crippen molar-refractivity contribution in [3.63, 3.8) is 0 Å². The molecule has 1 unspecified atom stereocenters. The zero-order valence-electron chi connectivity index (χ0n) is 11.0. The maximum absolute atomic E-state index is 9.12. The second-order valence-corrected chi connectivity index (χ2v) is 5.44. The maximum Gasteiger partial charge on any atom is 0.116 e. The van der Waals surface area contributed by atoms with E-state index in [1.165, 1.54) is 0 Å². The molecule has 0 aliphatic rings. The fraction of sp³-hybridized carbons (Fsp3) is 0.615. The summed E-state index contributed by atoms with van der Waals surface area (Å²) in [5.74, 6) is 1.03. The predicted octanol–water partition coefficient (Wildman–Crippen LogP) is 2.63. The molecule has 98 valence electrons. The summed E-state index contributed by atoms with van der Waals surface area (Å²) < 4.78 is 0. The zero-order valence-corrected chi connectivity index (χ0v) is 11.8. The van der Waals surface area contributed by atoms with Gasteiger partial charge in [0.25, 0.3) is 0 Å². The fourth-order valence-corrected chi connectivity index (χ4v) is 2.53. The molecule has 1 atom stereocenters. The molecule has 5 heteroatoms. The van der Waals surface area contributed by atoms with E-state index in [4.69, 9.17) is 5.26 Å². The summed E-state index contributed by atoms with van der Waals surface area (Å²) in [5.41, 5.74) is -0.381. The lowest BCUT2D eigenvalue weighted by Crippen LogP contribution is -2.40. The van der Waals surface area contributed by atoms with Crippen molar-refractivity contribution in [1.82, 2.24) is 15.3 Å². The molecule has 1 aromatic rings. The van der Waals surface area contributed by atoms with Crippen LogP contribution in [-0.2, 0) is 0 Å². The number of unbranched alkanes of at least 4 members (excludes halogenated alkanes) is 1. The number of thioether (sulfide) groups is 1. The highest BCUT2D eigenvalue weighted by Crippen LogP contribution is 2.18. The molecule has 18 heavy (non-hydrogen) atoms. The Balaban J connectivity index is 2.17. The van der Waals surface area contributed by atoms with E-state index in [0.717, 1.165) is 36.6 Å². The van der Waals surface area contributed by atoms with E-state index in [9.17, 15) is 0 Å². The largest absolute Gasteiger partial charge is 0.300 e. The van der Waals surface area contributed by atoms with Gasteiger partial charge in [-0.25, -0.2) is 9.97 Å². The van der Waals surface area contributed by atoms with Crippen LogP contribution < -0.4 is 5.32 Å². The smallest absolute Gasteiger partial charge is 0.116 e. The van der Waals surface area contributed by atoms with Crippen LogP contribution in [0.15, 0.2) is 23.6 Å². The van der Waals surface area contributed by atoms with Gasteiger partial charge in [0, 0.05) is 6.20 Å². The summed E-state index contributed by atoms with van der Waals surface area (Å²) in [5, 5.41) is 13.4. The van der Waals surface area contributed by atoms with Crippen LogP contribution in [0.25, 0.3) is 0 Å². The standard InChI is InChI=1S/C13H20N4S/c1-3-17-13(2,10-14)7-4-5-9-18-12-6-8-15-11-16-12/h6,8,11,17H,3-5,7,9H2,1-2H3. The quantitative estimate of drug-likeness (QED) is 0.444. The lowest BCUT2D eigenvalue weighted by Gasteiger charge is -2.22. The van der Waals surface area contributed by atoms with E-state index in [2.05, 4.69) is 21.4 Å². The summed E-state index contributed by atoms with van der Waals surface area (Å²) >= 11 is 1.74. The molecule has 0 spiro atoms. The molecule has 0 aliphatic heterocycles. The molecule has 1 N–H and O–H groups in total. The SMILES string of the molecule is CCNC(C)(C#N)CCCCSc1ccncn1. The number of nitrogens with one attached hydrogen (secondary N) is 1. The van der Waals surface area contributed by atoms with Crippen LogP contribution in [0.5, 0.6) is 0 Å². The zero-order chi connectivity index (χ0) is 13.3. The molecule has 0 bridgehead atoms. The van der Waals surface area contributed by atoms with E-state index in [0.29, 0.717) is 0 Å². The molecular formula is C13H20N4S. The van der Waals surface area contributed by atoms with Crippen molar-refractivity contribution in [3.05, 3.63) is 18.6 Å². The van der Waals surface area contributed by atoms with Gasteiger partial charge < -0.3 is 0 Å². The van der Waals surface area contributed by atoms with Gasteiger partial charge in [0.1, 0.15) is 11.9 Å². The van der Waals surface area contributed by atoms with Gasteiger partial charge in [0.2, 0.25) is 0 Å². The second-order valence-electron chi connectivity index (χ2n) is 4.33. The minimum Gasteiger partial charge on any atom is -0.300 e. The fourth-order valence-electron chi connectivity index (χ4n) is 1.70. The third kappa shape index (κ3) is 5.48. The second kappa shape index (κ2) is 8.06. The van der Waals surface area contributed by atoms with Crippen LogP contribution in [0.2, 0.25) is 0 Å². The van der Waals surface area contributed by atoms with Crippen molar-refractivity contribution in [2.24, 2.45) is 0 Å². The van der Waals surface area contributed by atoms with E-state index in [1.54, 1.807) is 24.3 Å². The topological polar surface area (TPSA) is 61.6 Å². The number of nitriles is 1. The Morgan fingerprint density at radius 1 is 1.50 bits per heavy atom. The van der Waals surface area contributed by atoms with Gasteiger partial charge >= 0.3 is 0 Å². The molecule has 0 saturated heterocycles. The molecule has 0 aliphatic carbocycles. The Kier molecular flexibility index (Phi) is 6.69. The lowest BCUT2D eigenvalue weighted by molar-refractivity contribution is 0.415. The first kappa shape index (κ1) is 14.9. The molecule has 0 amide bonds. The summed E-state index contributed by atoms with van der Waals surface area (Å²) in [7, 11) is 0. The molecule has 4 nitrogen and oxygen atoms in total. The Hall–Kier alpha value is -1.12. The van der Waals surface area contributed by atoms with Crippen LogP contribution in [0.4, 0.5) is 0 Å². The van der Waals surface area contributed by atoms with Gasteiger partial charge in [0.15, 0.2) is 0 Å². The Bertz CT molecular complexity index is 376. The van der Waals surface area contributed by atoms with Crippen LogP contribution in [0.1, 0.15) is 33.1 Å². The monoisotopic (exact) mass is 264 g/mol. The Morgan fingerprint density at radius 3 is 2.94 bits per heavy atom. The average molecular weight is 264 g/mol. The summed E-state index contributed by atoms with van der Waals surface area (Å²) in [4.78, 5) is 8.04. The minimum absolute atomic E-state index is 0.381. The van der Waals surface area contributed by atoms with Crippen LogP contribution in [0.3, 0.4) is 0 Å². The van der Waals surface area contributed by atoms with Crippen molar-refractivity contribution in [2.45, 2.75) is 43.7 Å². The molecule has 0 fully saturated rings. The Labute approximate surface area is 113 Å². The van der Waals surface area contributed by atoms with Crippen molar-refractivity contribution in [2.75, 3.05) is 12.3 Å². The first-order valence-corrected chi connectivity index (χ1v) is 7.24. The van der Waals surface area contributed by atoms with E-state index < -0.39 is 0 Å². The summed E-state index contributed by atoms with van der Waals surface area (Å²) in [6.45, 7) is 4.83. The minimum atomic E-state index is -0.381. The molecule has 1 rings (SSSR count). The highest BCUT2D eigenvalue weighted by molar-refractivity contribution is 7.99. The molecule has 1 heterocycles. The van der Waals surface area contributed by atoms with Gasteiger partial charge in [0.05, 0.1) is 11.1 Å². The maximum atomic E-state index is 9.12. The third-order valence-electron chi connectivity index (χ3n) is 2.69. The van der Waals surface area contributed by atoms with Gasteiger partial charge in [-0.15, -0.1) is 11.8 Å². The number of hydrogen-bond acceptors (Lipinski definition) is 5. The van der Waals surface area contributed by atoms with Gasteiger partial charge in [-0.3, -0.25) is 5.32 Å². The third-order valence-corrected chi connectivity index (χ3v) is 3.72. The number of aromatic nitrogens is 2. The molecule has 1 aromatic heterocycles. The van der Waals surface area contributed by atoms with E-state index in [1.807, 2.05) is 19.9 Å². The normalized spacial score (nSPS) is 13.8. The Morgan fingerprint density at radius 2 is 2.33 bits per heavy atom. The van der Waals surface area contributed by atoms with Gasteiger partial charge in [-0.2, -0.15) is 5.26 Å². The number of hydrogen-bond donors (Lipinski definition) is 1. The van der Waals surface area contributed by atoms with Crippen molar-refractivity contribution < 1.29 is 0 Å². The molecular weight excluding hydrogens is 244 g/mol. The van der Waals surface area contributed by atoms with Gasteiger partial charge in [-0.1, -0.05) is 6.92 Å². The van der Waals surface area contributed by atoms with Crippen LogP contribution >= 0.6 is 11.8 Å². The van der Waals surface area contributed by atoms with E-state index in [-0.39, 0.29) is 5.54 Å². The highest BCUT2D eigenvalue weighted by atomic mass is 32.2. The average Bonchev–Trinajstić information content (AvgIpc) is 2.40.